The zero-order valence-electron chi connectivity index (χ0n) is 12.7. The van der Waals surface area contributed by atoms with Crippen molar-refractivity contribution in [3.8, 4) is 5.69 Å². The molecule has 1 saturated heterocycles. The molecule has 1 aromatic carbocycles. The summed E-state index contributed by atoms with van der Waals surface area (Å²) >= 11 is 1.89. The largest absolute Gasteiger partial charge is 0.326 e. The summed E-state index contributed by atoms with van der Waals surface area (Å²) in [4.78, 5) is 12.2. The Hall–Kier alpha value is -1.64. The van der Waals surface area contributed by atoms with Gasteiger partial charge in [-0.15, -0.1) is 17.5 Å². The van der Waals surface area contributed by atoms with Crippen LogP contribution in [0.4, 0.5) is 5.69 Å². The lowest BCUT2D eigenvalue weighted by atomic mass is 10.1. The first-order valence-electron chi connectivity index (χ1n) is 7.17. The van der Waals surface area contributed by atoms with Gasteiger partial charge in [-0.25, -0.2) is 4.68 Å². The summed E-state index contributed by atoms with van der Waals surface area (Å²) in [5.41, 5.74) is 2.65. The van der Waals surface area contributed by atoms with Gasteiger partial charge in [0.05, 0.1) is 5.69 Å². The summed E-state index contributed by atoms with van der Waals surface area (Å²) in [6.07, 6.45) is 2.03. The Kier molecular flexibility index (Phi) is 6.37. The monoisotopic (exact) mass is 354 g/mol. The molecule has 0 saturated carbocycles. The van der Waals surface area contributed by atoms with E-state index in [1.807, 2.05) is 36.9 Å². The van der Waals surface area contributed by atoms with Gasteiger partial charge in [-0.2, -0.15) is 11.8 Å². The fourth-order valence-electron chi connectivity index (χ4n) is 2.39. The quantitative estimate of drug-likeness (QED) is 0.864. The van der Waals surface area contributed by atoms with Crippen LogP contribution in [0.25, 0.3) is 5.69 Å². The van der Waals surface area contributed by atoms with E-state index in [9.17, 15) is 4.79 Å². The molecule has 1 fully saturated rings. The van der Waals surface area contributed by atoms with E-state index in [1.165, 1.54) is 6.33 Å². The van der Waals surface area contributed by atoms with Gasteiger partial charge >= 0.3 is 0 Å². The van der Waals surface area contributed by atoms with Gasteiger partial charge < -0.3 is 10.6 Å². The molecule has 0 aliphatic carbocycles. The van der Waals surface area contributed by atoms with Crippen molar-refractivity contribution in [2.75, 3.05) is 23.4 Å². The normalized spacial score (nSPS) is 17.3. The number of hydrogen-bond acceptors (Lipinski definition) is 6. The number of carbonyl (C=O) groups is 1. The molecule has 1 aromatic heterocycles. The van der Waals surface area contributed by atoms with Gasteiger partial charge in [0.15, 0.2) is 0 Å². The molecule has 7 nitrogen and oxygen atoms in total. The van der Waals surface area contributed by atoms with Crippen LogP contribution in [0.2, 0.25) is 0 Å². The van der Waals surface area contributed by atoms with Crippen molar-refractivity contribution < 1.29 is 4.79 Å². The first kappa shape index (κ1) is 17.7. The number of nitrogens with one attached hydrogen (secondary N) is 2. The molecule has 1 atom stereocenters. The Morgan fingerprint density at radius 1 is 1.52 bits per heavy atom. The Bertz CT molecular complexity index is 645. The van der Waals surface area contributed by atoms with Gasteiger partial charge in [-0.3, -0.25) is 4.79 Å². The number of halogens is 1. The molecule has 0 bridgehead atoms. The molecule has 3 rings (SSSR count). The average molecular weight is 355 g/mol. The Balaban J connectivity index is 0.00000192. The lowest BCUT2D eigenvalue weighted by Crippen LogP contribution is -2.39. The number of aryl methyl sites for hydroxylation is 1. The third kappa shape index (κ3) is 4.66. The van der Waals surface area contributed by atoms with Gasteiger partial charge in [-0.1, -0.05) is 6.07 Å². The second-order valence-electron chi connectivity index (χ2n) is 5.23. The second-order valence-corrected chi connectivity index (χ2v) is 6.38. The van der Waals surface area contributed by atoms with Crippen LogP contribution in [0, 0.1) is 6.92 Å². The smallest absolute Gasteiger partial charge is 0.225 e. The van der Waals surface area contributed by atoms with Gasteiger partial charge in [0.2, 0.25) is 5.91 Å². The zero-order valence-corrected chi connectivity index (χ0v) is 14.4. The molecule has 2 heterocycles. The van der Waals surface area contributed by atoms with E-state index in [-0.39, 0.29) is 24.4 Å². The van der Waals surface area contributed by atoms with E-state index >= 15 is 0 Å². The van der Waals surface area contributed by atoms with Crippen molar-refractivity contribution in [1.29, 1.82) is 0 Å². The van der Waals surface area contributed by atoms with Crippen molar-refractivity contribution in [1.82, 2.24) is 25.5 Å². The maximum Gasteiger partial charge on any atom is 0.225 e. The third-order valence-electron chi connectivity index (χ3n) is 3.52. The summed E-state index contributed by atoms with van der Waals surface area (Å²) in [5, 5.41) is 17.5. The minimum atomic E-state index is 0. The molecule has 124 valence electrons. The molecule has 0 radical (unpaired) electrons. The summed E-state index contributed by atoms with van der Waals surface area (Å²) in [7, 11) is 0. The van der Waals surface area contributed by atoms with Crippen LogP contribution in [0.1, 0.15) is 12.0 Å². The van der Waals surface area contributed by atoms with Gasteiger partial charge in [-0.05, 0) is 35.0 Å². The number of amides is 1. The molecule has 2 N–H and O–H groups in total. The Morgan fingerprint density at radius 2 is 2.39 bits per heavy atom. The lowest BCUT2D eigenvalue weighted by molar-refractivity contribution is -0.116. The molecule has 2 aromatic rings. The highest BCUT2D eigenvalue weighted by molar-refractivity contribution is 7.99. The van der Waals surface area contributed by atoms with Crippen molar-refractivity contribution >= 4 is 35.8 Å². The predicted octanol–water partition coefficient (Wildman–Crippen LogP) is 1.43. The number of benzene rings is 1. The lowest BCUT2D eigenvalue weighted by Gasteiger charge is -2.22. The fourth-order valence-corrected chi connectivity index (χ4v) is 3.34. The molecular weight excluding hydrogens is 336 g/mol. The number of anilines is 1. The maximum atomic E-state index is 12.2. The van der Waals surface area contributed by atoms with E-state index in [0.29, 0.717) is 6.42 Å². The molecule has 1 aliphatic rings. The van der Waals surface area contributed by atoms with Crippen LogP contribution in [0.3, 0.4) is 0 Å². The molecule has 1 unspecified atom stereocenters. The first-order chi connectivity index (χ1) is 10.7. The van der Waals surface area contributed by atoms with Crippen LogP contribution in [-0.2, 0) is 4.79 Å². The van der Waals surface area contributed by atoms with Gasteiger partial charge in [0, 0.05) is 36.2 Å². The Labute approximate surface area is 145 Å². The number of rotatable bonds is 4. The number of nitrogens with zero attached hydrogens (tertiary/aromatic N) is 4. The van der Waals surface area contributed by atoms with E-state index < -0.39 is 0 Å². The average Bonchev–Trinajstić information content (AvgIpc) is 3.04. The molecule has 1 amide bonds. The van der Waals surface area contributed by atoms with Crippen LogP contribution >= 0.6 is 24.2 Å². The molecule has 0 spiro atoms. The van der Waals surface area contributed by atoms with Crippen molar-refractivity contribution in [2.24, 2.45) is 0 Å². The van der Waals surface area contributed by atoms with Crippen molar-refractivity contribution in [2.45, 2.75) is 19.4 Å². The molecule has 9 heteroatoms. The highest BCUT2D eigenvalue weighted by atomic mass is 35.5. The minimum Gasteiger partial charge on any atom is -0.326 e. The predicted molar refractivity (Wildman–Crippen MR) is 93.5 cm³/mol. The maximum absolute atomic E-state index is 12.2. The first-order valence-corrected chi connectivity index (χ1v) is 8.33. The van der Waals surface area contributed by atoms with Crippen molar-refractivity contribution in [3.63, 3.8) is 0 Å². The van der Waals surface area contributed by atoms with E-state index in [1.54, 1.807) is 4.68 Å². The van der Waals surface area contributed by atoms with Crippen LogP contribution in [-0.4, -0.2) is 50.2 Å². The zero-order chi connectivity index (χ0) is 15.4. The number of thioether (sulfide) groups is 1. The topological polar surface area (TPSA) is 84.7 Å². The number of carbonyl (C=O) groups excluding carboxylic acids is 1. The molecule has 1 aliphatic heterocycles. The SMILES string of the molecule is Cc1ccc(NC(=O)CC2CSCCN2)cc1-n1cnnn1.Cl. The number of aromatic nitrogens is 4. The van der Waals surface area contributed by atoms with E-state index in [0.717, 1.165) is 35.0 Å². The highest BCUT2D eigenvalue weighted by Crippen LogP contribution is 2.19. The second kappa shape index (κ2) is 8.28. The van der Waals surface area contributed by atoms with Gasteiger partial charge in [0.25, 0.3) is 0 Å². The third-order valence-corrected chi connectivity index (χ3v) is 4.65. The van der Waals surface area contributed by atoms with Gasteiger partial charge in [0.1, 0.15) is 6.33 Å². The highest BCUT2D eigenvalue weighted by Gasteiger charge is 2.17. The fraction of sp³-hybridized carbons (Fsp3) is 0.429. The summed E-state index contributed by atoms with van der Waals surface area (Å²) in [6.45, 7) is 2.95. The molecular formula is C14H19ClN6OS. The summed E-state index contributed by atoms with van der Waals surface area (Å²) in [6, 6.07) is 5.97. The van der Waals surface area contributed by atoms with Crippen LogP contribution < -0.4 is 10.6 Å². The standard InChI is InChI=1S/C14H18N6OS.ClH/c1-10-2-3-11(6-13(10)20-9-16-18-19-20)17-14(21)7-12-8-22-5-4-15-12;/h2-3,6,9,12,15H,4-5,7-8H2,1H3,(H,17,21);1H. The number of hydrogen-bond donors (Lipinski definition) is 2. The van der Waals surface area contributed by atoms with Crippen LogP contribution in [0.15, 0.2) is 24.5 Å². The summed E-state index contributed by atoms with van der Waals surface area (Å²) in [5.74, 6) is 2.12. The Morgan fingerprint density at radius 3 is 3.09 bits per heavy atom. The van der Waals surface area contributed by atoms with E-state index in [4.69, 9.17) is 0 Å². The number of tetrazole rings is 1. The van der Waals surface area contributed by atoms with Crippen LogP contribution in [0.5, 0.6) is 0 Å². The van der Waals surface area contributed by atoms with E-state index in [2.05, 4.69) is 26.2 Å². The molecule has 23 heavy (non-hydrogen) atoms. The minimum absolute atomic E-state index is 0. The van der Waals surface area contributed by atoms with Crippen molar-refractivity contribution in [3.05, 3.63) is 30.1 Å². The summed E-state index contributed by atoms with van der Waals surface area (Å²) < 4.78 is 1.59.